The van der Waals surface area contributed by atoms with Gasteiger partial charge in [-0.25, -0.2) is 9.38 Å². The summed E-state index contributed by atoms with van der Waals surface area (Å²) in [6, 6.07) is 13.7. The van der Waals surface area contributed by atoms with Gasteiger partial charge in [0.15, 0.2) is 4.96 Å². The predicted octanol–water partition coefficient (Wildman–Crippen LogP) is 3.30. The van der Waals surface area contributed by atoms with Crippen LogP contribution in [0, 0.1) is 0 Å². The van der Waals surface area contributed by atoms with E-state index in [0.29, 0.717) is 4.53 Å². The molecule has 27 heavy (non-hydrogen) atoms. The van der Waals surface area contributed by atoms with Gasteiger partial charge in [0, 0.05) is 17.8 Å². The van der Waals surface area contributed by atoms with Crippen LogP contribution in [0.3, 0.4) is 0 Å². The number of hydrogen-bond acceptors (Lipinski definition) is 5. The summed E-state index contributed by atoms with van der Waals surface area (Å²) in [6.45, 7) is 2.85. The SMILES string of the molecule is CCN1/C(=c2\sc3nc4ccccc4n3c2=O)C=Cc2cc(OC)ccc21. The number of para-hydroxylation sites is 2. The van der Waals surface area contributed by atoms with Gasteiger partial charge in [-0.05, 0) is 43.3 Å². The van der Waals surface area contributed by atoms with Gasteiger partial charge in [0.1, 0.15) is 10.3 Å². The summed E-state index contributed by atoms with van der Waals surface area (Å²) in [5.74, 6) is 0.823. The maximum atomic E-state index is 13.2. The maximum absolute atomic E-state index is 13.2. The number of rotatable bonds is 2. The summed E-state index contributed by atoms with van der Waals surface area (Å²) < 4.78 is 7.76. The third-order valence-corrected chi connectivity index (χ3v) is 5.95. The highest BCUT2D eigenvalue weighted by Crippen LogP contribution is 2.33. The number of nitrogens with zero attached hydrogens (tertiary/aromatic N) is 3. The molecule has 0 fully saturated rings. The molecule has 3 heterocycles. The number of benzene rings is 2. The molecule has 0 atom stereocenters. The van der Waals surface area contributed by atoms with Gasteiger partial charge in [-0.1, -0.05) is 29.5 Å². The van der Waals surface area contributed by atoms with Crippen molar-refractivity contribution in [2.45, 2.75) is 6.92 Å². The van der Waals surface area contributed by atoms with Crippen LogP contribution < -0.4 is 19.7 Å². The lowest BCUT2D eigenvalue weighted by Crippen LogP contribution is -2.33. The molecule has 0 saturated carbocycles. The van der Waals surface area contributed by atoms with Crippen molar-refractivity contribution in [3.8, 4) is 5.75 Å². The van der Waals surface area contributed by atoms with Crippen LogP contribution in [0.25, 0.3) is 27.8 Å². The first-order valence-corrected chi connectivity index (χ1v) is 9.61. The minimum absolute atomic E-state index is 0.0150. The number of thiazole rings is 1. The summed E-state index contributed by atoms with van der Waals surface area (Å²) >= 11 is 1.44. The van der Waals surface area contributed by atoms with Crippen LogP contribution >= 0.6 is 11.3 Å². The van der Waals surface area contributed by atoms with Gasteiger partial charge in [-0.2, -0.15) is 0 Å². The van der Waals surface area contributed by atoms with Crippen LogP contribution in [0.2, 0.25) is 0 Å². The molecule has 1 aliphatic heterocycles. The quantitative estimate of drug-likeness (QED) is 0.539. The normalized spacial score (nSPS) is 15.6. The van der Waals surface area contributed by atoms with E-state index in [9.17, 15) is 4.79 Å². The molecular formula is C21H17N3O2S. The Hall–Kier alpha value is -3.12. The van der Waals surface area contributed by atoms with Crippen molar-refractivity contribution in [2.75, 3.05) is 18.6 Å². The highest BCUT2D eigenvalue weighted by Gasteiger charge is 2.20. The zero-order chi connectivity index (χ0) is 18.5. The Bertz CT molecular complexity index is 1330. The lowest BCUT2D eigenvalue weighted by atomic mass is 10.1. The Balaban J connectivity index is 1.79. The Morgan fingerprint density at radius 3 is 2.81 bits per heavy atom. The smallest absolute Gasteiger partial charge is 0.277 e. The highest BCUT2D eigenvalue weighted by molar-refractivity contribution is 7.15. The van der Waals surface area contributed by atoms with Crippen molar-refractivity contribution in [3.05, 3.63) is 69.0 Å². The number of imidazole rings is 1. The fraction of sp³-hybridized carbons (Fsp3) is 0.143. The fourth-order valence-electron chi connectivity index (χ4n) is 3.63. The Labute approximate surface area is 159 Å². The third-order valence-electron chi connectivity index (χ3n) is 4.91. The average molecular weight is 375 g/mol. The molecule has 6 heteroatoms. The van der Waals surface area contributed by atoms with E-state index in [2.05, 4.69) is 16.8 Å². The fourth-order valence-corrected chi connectivity index (χ4v) is 4.69. The van der Waals surface area contributed by atoms with E-state index in [4.69, 9.17) is 4.74 Å². The van der Waals surface area contributed by atoms with Crippen molar-refractivity contribution in [3.63, 3.8) is 0 Å². The molecule has 0 radical (unpaired) electrons. The minimum Gasteiger partial charge on any atom is -0.497 e. The number of aromatic nitrogens is 2. The molecule has 0 amide bonds. The Morgan fingerprint density at radius 2 is 2.00 bits per heavy atom. The molecule has 0 saturated heterocycles. The second-order valence-corrected chi connectivity index (χ2v) is 7.32. The van der Waals surface area contributed by atoms with Crippen LogP contribution in [0.1, 0.15) is 12.5 Å². The van der Waals surface area contributed by atoms with Crippen molar-refractivity contribution < 1.29 is 4.74 Å². The number of hydrogen-bond donors (Lipinski definition) is 0. The Morgan fingerprint density at radius 1 is 1.15 bits per heavy atom. The van der Waals surface area contributed by atoms with E-state index in [1.807, 2.05) is 54.6 Å². The van der Waals surface area contributed by atoms with Gasteiger partial charge in [0.05, 0.1) is 23.8 Å². The molecule has 0 unspecified atom stereocenters. The topological polar surface area (TPSA) is 46.8 Å². The van der Waals surface area contributed by atoms with E-state index in [1.165, 1.54) is 11.3 Å². The maximum Gasteiger partial charge on any atom is 0.277 e. The number of methoxy groups -OCH3 is 1. The van der Waals surface area contributed by atoms with Crippen molar-refractivity contribution in [1.82, 2.24) is 9.38 Å². The molecule has 2 aromatic heterocycles. The minimum atomic E-state index is -0.0150. The van der Waals surface area contributed by atoms with Crippen LogP contribution in [0.5, 0.6) is 5.75 Å². The first-order chi connectivity index (χ1) is 13.2. The molecule has 5 nitrogen and oxygen atoms in total. The molecule has 0 aliphatic carbocycles. The van der Waals surface area contributed by atoms with Crippen molar-refractivity contribution in [2.24, 2.45) is 0 Å². The average Bonchev–Trinajstić information content (AvgIpc) is 3.23. The summed E-state index contributed by atoms with van der Waals surface area (Å²) in [5.41, 5.74) is 4.76. The van der Waals surface area contributed by atoms with Crippen LogP contribution in [0.15, 0.2) is 53.3 Å². The van der Waals surface area contributed by atoms with Gasteiger partial charge in [-0.15, -0.1) is 0 Å². The summed E-state index contributed by atoms with van der Waals surface area (Å²) in [7, 11) is 1.67. The molecule has 4 aromatic rings. The summed E-state index contributed by atoms with van der Waals surface area (Å²) in [5, 5.41) is 0. The lowest BCUT2D eigenvalue weighted by molar-refractivity contribution is 0.414. The third kappa shape index (κ3) is 2.30. The molecule has 1 aliphatic rings. The molecule has 2 aromatic carbocycles. The van der Waals surface area contributed by atoms with E-state index in [1.54, 1.807) is 11.5 Å². The molecule has 0 spiro atoms. The van der Waals surface area contributed by atoms with Gasteiger partial charge >= 0.3 is 0 Å². The van der Waals surface area contributed by atoms with Gasteiger partial charge in [-0.3, -0.25) is 4.79 Å². The molecular weight excluding hydrogens is 358 g/mol. The van der Waals surface area contributed by atoms with Gasteiger partial charge < -0.3 is 9.64 Å². The highest BCUT2D eigenvalue weighted by atomic mass is 32.1. The molecule has 5 rings (SSSR count). The van der Waals surface area contributed by atoms with E-state index < -0.39 is 0 Å². The zero-order valence-corrected chi connectivity index (χ0v) is 15.8. The molecule has 0 N–H and O–H groups in total. The molecule has 134 valence electrons. The largest absolute Gasteiger partial charge is 0.497 e. The monoisotopic (exact) mass is 375 g/mol. The van der Waals surface area contributed by atoms with E-state index in [-0.39, 0.29) is 5.56 Å². The van der Waals surface area contributed by atoms with Crippen molar-refractivity contribution >= 4 is 44.8 Å². The first-order valence-electron chi connectivity index (χ1n) is 8.79. The van der Waals surface area contributed by atoms with Crippen LogP contribution in [0.4, 0.5) is 5.69 Å². The standard InChI is InChI=1S/C21H17N3O2S/c1-3-23-16-11-9-14(26-2)12-13(16)8-10-18(23)19-20(25)24-17-7-5-4-6-15(17)22-21(24)27-19/h4-12H,3H2,1-2H3/b19-18-. The van der Waals surface area contributed by atoms with Crippen molar-refractivity contribution in [1.29, 1.82) is 0 Å². The van der Waals surface area contributed by atoms with Gasteiger partial charge in [0.2, 0.25) is 0 Å². The zero-order valence-electron chi connectivity index (χ0n) is 15.0. The van der Waals surface area contributed by atoms with Crippen LogP contribution in [-0.2, 0) is 0 Å². The second-order valence-electron chi connectivity index (χ2n) is 6.34. The molecule has 0 bridgehead atoms. The van der Waals surface area contributed by atoms with E-state index >= 15 is 0 Å². The lowest BCUT2D eigenvalue weighted by Gasteiger charge is -2.29. The number of anilines is 1. The van der Waals surface area contributed by atoms with Crippen LogP contribution in [-0.4, -0.2) is 23.0 Å². The number of likely N-dealkylation sites (N-methyl/N-ethyl adjacent to an activating group) is 1. The van der Waals surface area contributed by atoms with E-state index in [0.717, 1.165) is 45.2 Å². The number of ether oxygens (including phenoxy) is 1. The summed E-state index contributed by atoms with van der Waals surface area (Å²) in [6.07, 6.45) is 4.06. The first kappa shape index (κ1) is 16.1. The number of fused-ring (bicyclic) bond motifs is 4. The summed E-state index contributed by atoms with van der Waals surface area (Å²) in [4.78, 5) is 20.7. The van der Waals surface area contributed by atoms with Gasteiger partial charge in [0.25, 0.3) is 5.56 Å². The Kier molecular flexibility index (Phi) is 3.55. The predicted molar refractivity (Wildman–Crippen MR) is 111 cm³/mol. The second kappa shape index (κ2) is 5.96.